The quantitative estimate of drug-likeness (QED) is 0.689. The molecule has 0 aliphatic carbocycles. The second kappa shape index (κ2) is 9.54. The summed E-state index contributed by atoms with van der Waals surface area (Å²) in [4.78, 5) is 13.6. The molecule has 1 amide bonds. The Morgan fingerprint density at radius 2 is 1.96 bits per heavy atom. The van der Waals surface area contributed by atoms with E-state index in [-0.39, 0.29) is 5.91 Å². The van der Waals surface area contributed by atoms with Crippen molar-refractivity contribution in [1.29, 1.82) is 0 Å². The lowest BCUT2D eigenvalue weighted by Gasteiger charge is -2.23. The fourth-order valence-corrected chi connectivity index (χ4v) is 4.73. The van der Waals surface area contributed by atoms with E-state index in [1.807, 2.05) is 18.4 Å². The Kier molecular flexibility index (Phi) is 7.12. The Morgan fingerprint density at radius 1 is 1.24 bits per heavy atom. The first kappa shape index (κ1) is 18.7. The van der Waals surface area contributed by atoms with Gasteiger partial charge >= 0.3 is 0 Å². The topological polar surface area (TPSA) is 68.5 Å². The summed E-state index contributed by atoms with van der Waals surface area (Å²) in [5, 5.41) is 11.0. The summed E-state index contributed by atoms with van der Waals surface area (Å²) < 4.78 is 7.12. The molecule has 1 aliphatic heterocycles. The highest BCUT2D eigenvalue weighted by molar-refractivity contribution is 8.03. The van der Waals surface area contributed by atoms with Crippen LogP contribution in [-0.2, 0) is 16.1 Å². The van der Waals surface area contributed by atoms with Crippen LogP contribution in [0.5, 0.6) is 0 Å². The first-order valence-electron chi connectivity index (χ1n) is 8.03. The predicted octanol–water partition coefficient (Wildman–Crippen LogP) is 1.41. The summed E-state index contributed by atoms with van der Waals surface area (Å²) in [5.41, 5.74) is 2.11. The van der Waals surface area contributed by atoms with E-state index in [1.54, 1.807) is 16.7 Å². The standard InChI is InChI=1S/C16H20N4O2S3/c1-23-15-18-19-16(25-15)24-11-14(21)17-13-4-2-12(3-5-13)10-20-6-8-22-9-7-20/h2-5H,6-11H2,1H3,(H,17,21)/p+1. The molecule has 3 rings (SSSR count). The number of hydrogen-bond donors (Lipinski definition) is 2. The molecule has 2 heterocycles. The molecule has 2 aromatic rings. The van der Waals surface area contributed by atoms with Gasteiger partial charge in [0.05, 0.1) is 19.0 Å². The molecule has 0 bridgehead atoms. The number of anilines is 1. The number of nitrogens with zero attached hydrogens (tertiary/aromatic N) is 2. The zero-order valence-corrected chi connectivity index (χ0v) is 16.4. The van der Waals surface area contributed by atoms with E-state index in [2.05, 4.69) is 27.6 Å². The average molecular weight is 398 g/mol. The van der Waals surface area contributed by atoms with Crippen molar-refractivity contribution in [3.05, 3.63) is 29.8 Å². The summed E-state index contributed by atoms with van der Waals surface area (Å²) in [6.07, 6.45) is 1.96. The van der Waals surface area contributed by atoms with Crippen molar-refractivity contribution >= 4 is 46.5 Å². The van der Waals surface area contributed by atoms with Gasteiger partial charge in [-0.1, -0.05) is 47.0 Å². The van der Waals surface area contributed by atoms with Gasteiger partial charge in [0.1, 0.15) is 19.6 Å². The average Bonchev–Trinajstić information content (AvgIpc) is 3.11. The molecule has 6 nitrogen and oxygen atoms in total. The van der Waals surface area contributed by atoms with Crippen LogP contribution in [0.2, 0.25) is 0 Å². The minimum absolute atomic E-state index is 0.0301. The van der Waals surface area contributed by atoms with Gasteiger partial charge in [0.15, 0.2) is 8.68 Å². The maximum absolute atomic E-state index is 12.1. The molecule has 1 aliphatic rings. The molecule has 0 spiro atoms. The molecule has 1 aromatic heterocycles. The number of carbonyl (C=O) groups excluding carboxylic acids is 1. The van der Waals surface area contributed by atoms with Gasteiger partial charge in [0.25, 0.3) is 0 Å². The minimum Gasteiger partial charge on any atom is -0.370 e. The van der Waals surface area contributed by atoms with E-state index >= 15 is 0 Å². The second-order valence-electron chi connectivity index (χ2n) is 5.61. The molecular weight excluding hydrogens is 376 g/mol. The van der Waals surface area contributed by atoms with Crippen LogP contribution in [-0.4, -0.2) is 54.4 Å². The summed E-state index contributed by atoms with van der Waals surface area (Å²) in [6, 6.07) is 8.10. The van der Waals surface area contributed by atoms with Gasteiger partial charge in [0, 0.05) is 11.3 Å². The van der Waals surface area contributed by atoms with Crippen LogP contribution in [0.25, 0.3) is 0 Å². The number of amides is 1. The van der Waals surface area contributed by atoms with E-state index < -0.39 is 0 Å². The summed E-state index contributed by atoms with van der Waals surface area (Å²) in [6.45, 7) is 4.80. The highest BCUT2D eigenvalue weighted by atomic mass is 32.2. The molecule has 0 saturated carbocycles. The van der Waals surface area contributed by atoms with Crippen molar-refractivity contribution in [2.75, 3.05) is 43.6 Å². The van der Waals surface area contributed by atoms with Crippen LogP contribution in [0.3, 0.4) is 0 Å². The fourth-order valence-electron chi connectivity index (χ4n) is 2.49. The number of benzene rings is 1. The monoisotopic (exact) mass is 397 g/mol. The van der Waals surface area contributed by atoms with Gasteiger partial charge in [-0.15, -0.1) is 10.2 Å². The van der Waals surface area contributed by atoms with Crippen LogP contribution >= 0.6 is 34.9 Å². The zero-order valence-electron chi connectivity index (χ0n) is 14.0. The Bertz CT molecular complexity index is 687. The largest absolute Gasteiger partial charge is 0.370 e. The third-order valence-corrected chi connectivity index (χ3v) is 6.81. The van der Waals surface area contributed by atoms with Crippen LogP contribution < -0.4 is 10.2 Å². The molecule has 134 valence electrons. The number of rotatable bonds is 7. The van der Waals surface area contributed by atoms with Crippen molar-refractivity contribution in [3.8, 4) is 0 Å². The van der Waals surface area contributed by atoms with Crippen LogP contribution in [0, 0.1) is 0 Å². The molecule has 1 saturated heterocycles. The smallest absolute Gasteiger partial charge is 0.234 e. The SMILES string of the molecule is CSc1nnc(SCC(=O)Nc2ccc(C[NH+]3CCOCC3)cc2)s1. The van der Waals surface area contributed by atoms with Gasteiger partial charge in [-0.3, -0.25) is 4.79 Å². The van der Waals surface area contributed by atoms with Gasteiger partial charge in [-0.25, -0.2) is 0 Å². The number of morpholine rings is 1. The van der Waals surface area contributed by atoms with Crippen LogP contribution in [0.4, 0.5) is 5.69 Å². The Balaban J connectivity index is 1.44. The van der Waals surface area contributed by atoms with E-state index in [0.29, 0.717) is 5.75 Å². The second-order valence-corrected chi connectivity index (χ2v) is 8.86. The highest BCUT2D eigenvalue weighted by Gasteiger charge is 2.14. The molecular formula is C16H21N4O2S3+. The first-order chi connectivity index (χ1) is 12.2. The van der Waals surface area contributed by atoms with Crippen LogP contribution in [0.15, 0.2) is 32.9 Å². The number of aromatic nitrogens is 2. The zero-order chi connectivity index (χ0) is 17.5. The van der Waals surface area contributed by atoms with Crippen LogP contribution in [0.1, 0.15) is 5.56 Å². The lowest BCUT2D eigenvalue weighted by Crippen LogP contribution is -3.12. The molecule has 1 aromatic carbocycles. The lowest BCUT2D eigenvalue weighted by atomic mass is 10.2. The van der Waals surface area contributed by atoms with Crippen molar-refractivity contribution in [2.45, 2.75) is 15.2 Å². The Morgan fingerprint density at radius 3 is 2.64 bits per heavy atom. The molecule has 2 N–H and O–H groups in total. The van der Waals surface area contributed by atoms with E-state index in [9.17, 15) is 4.79 Å². The maximum Gasteiger partial charge on any atom is 0.234 e. The number of ether oxygens (including phenoxy) is 1. The highest BCUT2D eigenvalue weighted by Crippen LogP contribution is 2.27. The van der Waals surface area contributed by atoms with Crippen molar-refractivity contribution in [2.24, 2.45) is 0 Å². The number of hydrogen-bond acceptors (Lipinski definition) is 7. The molecule has 0 radical (unpaired) electrons. The normalized spacial score (nSPS) is 15.2. The van der Waals surface area contributed by atoms with Gasteiger partial charge in [-0.05, 0) is 18.4 Å². The molecule has 0 atom stereocenters. The number of thioether (sulfide) groups is 2. The molecule has 0 unspecified atom stereocenters. The third-order valence-electron chi connectivity index (χ3n) is 3.78. The Hall–Kier alpha value is -1.13. The fraction of sp³-hybridized carbons (Fsp3) is 0.438. The van der Waals surface area contributed by atoms with Crippen molar-refractivity contribution in [3.63, 3.8) is 0 Å². The Labute approximate surface area is 159 Å². The molecule has 25 heavy (non-hydrogen) atoms. The predicted molar refractivity (Wildman–Crippen MR) is 103 cm³/mol. The maximum atomic E-state index is 12.1. The van der Waals surface area contributed by atoms with Crippen molar-refractivity contribution in [1.82, 2.24) is 10.2 Å². The van der Waals surface area contributed by atoms with Crippen molar-refractivity contribution < 1.29 is 14.4 Å². The molecule has 9 heteroatoms. The number of nitrogens with one attached hydrogen (secondary N) is 2. The minimum atomic E-state index is -0.0301. The summed E-state index contributed by atoms with van der Waals surface area (Å²) in [5.74, 6) is 0.306. The van der Waals surface area contributed by atoms with Gasteiger partial charge in [-0.2, -0.15) is 0 Å². The summed E-state index contributed by atoms with van der Waals surface area (Å²) in [7, 11) is 0. The van der Waals surface area contributed by atoms with Gasteiger partial charge < -0.3 is 15.0 Å². The number of carbonyl (C=O) groups is 1. The third kappa shape index (κ3) is 5.96. The first-order valence-corrected chi connectivity index (χ1v) is 11.1. The van der Waals surface area contributed by atoms with E-state index in [1.165, 1.54) is 28.7 Å². The van der Waals surface area contributed by atoms with E-state index in [4.69, 9.17) is 4.74 Å². The number of quaternary nitrogens is 1. The lowest BCUT2D eigenvalue weighted by molar-refractivity contribution is -0.921. The van der Waals surface area contributed by atoms with E-state index in [0.717, 1.165) is 47.2 Å². The van der Waals surface area contributed by atoms with Gasteiger partial charge in [0.2, 0.25) is 5.91 Å². The molecule has 1 fully saturated rings. The summed E-state index contributed by atoms with van der Waals surface area (Å²) >= 11 is 4.49.